The number of halogens is 1. The summed E-state index contributed by atoms with van der Waals surface area (Å²) < 4.78 is 11.8. The zero-order chi connectivity index (χ0) is 22.7. The Morgan fingerprint density at radius 1 is 1.12 bits per heavy atom. The average Bonchev–Trinajstić information content (AvgIpc) is 3.28. The first-order valence-corrected chi connectivity index (χ1v) is 10.9. The highest BCUT2D eigenvalue weighted by atomic mass is 79.9. The third-order valence-electron chi connectivity index (χ3n) is 4.84. The molecule has 0 unspecified atom stereocenters. The molecular weight excluding hydrogens is 492 g/mol. The van der Waals surface area contributed by atoms with Gasteiger partial charge in [-0.2, -0.15) is 0 Å². The first kappa shape index (κ1) is 22.0. The molecule has 1 amide bonds. The fourth-order valence-corrected chi connectivity index (χ4v) is 4.30. The molecule has 0 bridgehead atoms. The summed E-state index contributed by atoms with van der Waals surface area (Å²) in [5.41, 5.74) is 1.86. The number of benzene rings is 3. The molecule has 3 N–H and O–H groups in total. The molecule has 1 heterocycles. The van der Waals surface area contributed by atoms with Gasteiger partial charge >= 0.3 is 0 Å². The summed E-state index contributed by atoms with van der Waals surface area (Å²) in [7, 11) is 1.52. The third-order valence-corrected chi connectivity index (χ3v) is 5.83. The second-order valence-electron chi connectivity index (χ2n) is 6.91. The van der Waals surface area contributed by atoms with Crippen LogP contribution in [0.2, 0.25) is 0 Å². The first-order valence-electron chi connectivity index (χ1n) is 9.67. The quantitative estimate of drug-likeness (QED) is 0.308. The number of carbonyl (C=O) groups is 1. The Balaban J connectivity index is 1.53. The fraction of sp³-hybridized carbons (Fsp3) is 0.0833. The lowest BCUT2D eigenvalue weighted by atomic mass is 10.1. The number of fused-ring (bicyclic) bond motifs is 1. The minimum absolute atomic E-state index is 0.147. The van der Waals surface area contributed by atoms with Gasteiger partial charge in [-0.05, 0) is 69.3 Å². The number of aliphatic hydroxyl groups is 1. The highest BCUT2D eigenvalue weighted by Gasteiger charge is 2.19. The zero-order valence-electron chi connectivity index (χ0n) is 17.0. The molecule has 0 radical (unpaired) electrons. The Morgan fingerprint density at radius 3 is 2.69 bits per heavy atom. The summed E-state index contributed by atoms with van der Waals surface area (Å²) in [6.07, 6.45) is 0. The van der Waals surface area contributed by atoms with E-state index in [0.29, 0.717) is 33.0 Å². The van der Waals surface area contributed by atoms with Crippen molar-refractivity contribution in [3.8, 4) is 17.1 Å². The number of ether oxygens (including phenoxy) is 1. The van der Waals surface area contributed by atoms with Crippen LogP contribution >= 0.6 is 28.1 Å². The van der Waals surface area contributed by atoms with Crippen LogP contribution in [0.25, 0.3) is 22.1 Å². The third kappa shape index (κ3) is 4.52. The molecule has 4 aromatic rings. The number of methoxy groups -OCH3 is 1. The maximum atomic E-state index is 13.0. The van der Waals surface area contributed by atoms with Gasteiger partial charge in [0, 0.05) is 11.3 Å². The summed E-state index contributed by atoms with van der Waals surface area (Å²) in [5, 5.41) is 16.9. The van der Waals surface area contributed by atoms with Crippen molar-refractivity contribution in [2.75, 3.05) is 12.4 Å². The molecular formula is C24H19BrN2O4S. The molecule has 162 valence electrons. The maximum Gasteiger partial charge on any atom is 0.261 e. The van der Waals surface area contributed by atoms with Crippen LogP contribution in [0.4, 0.5) is 5.69 Å². The minimum Gasteiger partial charge on any atom is -0.495 e. The molecule has 0 spiro atoms. The Hall–Kier alpha value is -3.20. The standard InChI is InChI=1S/C24H19BrN2O4S/c1-30-22-19(12-14-5-2-3-8-18(14)21(22)25)23(29)27-24(32)26-16-7-4-6-15(11-16)20-10-9-17(13-28)31-20/h2-12,28H,13H2,1H3,(H2,26,27,29,32). The largest absolute Gasteiger partial charge is 0.495 e. The van der Waals surface area contributed by atoms with Crippen LogP contribution in [0.3, 0.4) is 0 Å². The molecule has 32 heavy (non-hydrogen) atoms. The van der Waals surface area contributed by atoms with Gasteiger partial charge in [-0.15, -0.1) is 0 Å². The van der Waals surface area contributed by atoms with Gasteiger partial charge in [0.2, 0.25) is 0 Å². The molecule has 0 saturated heterocycles. The predicted molar refractivity (Wildman–Crippen MR) is 132 cm³/mol. The topological polar surface area (TPSA) is 83.7 Å². The average molecular weight is 511 g/mol. The zero-order valence-corrected chi connectivity index (χ0v) is 19.4. The van der Waals surface area contributed by atoms with Gasteiger partial charge in [0.1, 0.15) is 23.9 Å². The van der Waals surface area contributed by atoms with Crippen molar-refractivity contribution in [3.63, 3.8) is 0 Å². The van der Waals surface area contributed by atoms with E-state index < -0.39 is 0 Å². The smallest absolute Gasteiger partial charge is 0.261 e. The van der Waals surface area contributed by atoms with Gasteiger partial charge in [-0.1, -0.05) is 36.4 Å². The number of amides is 1. The number of hydrogen-bond acceptors (Lipinski definition) is 5. The lowest BCUT2D eigenvalue weighted by Gasteiger charge is -2.15. The second kappa shape index (κ2) is 9.52. The molecule has 1 aromatic heterocycles. The number of anilines is 1. The summed E-state index contributed by atoms with van der Waals surface area (Å²) in [6, 6.07) is 20.4. The van der Waals surface area contributed by atoms with Crippen LogP contribution < -0.4 is 15.4 Å². The van der Waals surface area contributed by atoms with Gasteiger partial charge in [-0.3, -0.25) is 10.1 Å². The van der Waals surface area contributed by atoms with Crippen molar-refractivity contribution in [2.24, 2.45) is 0 Å². The van der Waals surface area contributed by atoms with E-state index in [1.807, 2.05) is 48.5 Å². The number of hydrogen-bond donors (Lipinski definition) is 3. The van der Waals surface area contributed by atoms with Crippen LogP contribution in [0.5, 0.6) is 5.75 Å². The number of thiocarbonyl (C=S) groups is 1. The molecule has 8 heteroatoms. The van der Waals surface area contributed by atoms with Gasteiger partial charge in [0.05, 0.1) is 17.1 Å². The second-order valence-corrected chi connectivity index (χ2v) is 8.11. The van der Waals surface area contributed by atoms with Gasteiger partial charge in [0.25, 0.3) is 5.91 Å². The fourth-order valence-electron chi connectivity index (χ4n) is 3.35. The van der Waals surface area contributed by atoms with Crippen molar-refractivity contribution in [3.05, 3.63) is 82.5 Å². The van der Waals surface area contributed by atoms with Crippen LogP contribution in [-0.4, -0.2) is 23.2 Å². The Kier molecular flexibility index (Phi) is 6.55. The summed E-state index contributed by atoms with van der Waals surface area (Å²) in [4.78, 5) is 13.0. The van der Waals surface area contributed by atoms with Gasteiger partial charge < -0.3 is 19.6 Å². The summed E-state index contributed by atoms with van der Waals surface area (Å²) >= 11 is 8.89. The van der Waals surface area contributed by atoms with E-state index in [1.54, 1.807) is 18.2 Å². The molecule has 3 aromatic carbocycles. The van der Waals surface area contributed by atoms with Gasteiger partial charge in [-0.25, -0.2) is 0 Å². The van der Waals surface area contributed by atoms with E-state index in [4.69, 9.17) is 21.4 Å². The molecule has 0 aliphatic heterocycles. The molecule has 0 saturated carbocycles. The monoisotopic (exact) mass is 510 g/mol. The molecule has 6 nitrogen and oxygen atoms in total. The number of furan rings is 1. The van der Waals surface area contributed by atoms with E-state index >= 15 is 0 Å². The number of rotatable bonds is 5. The van der Waals surface area contributed by atoms with Crippen molar-refractivity contribution in [1.29, 1.82) is 0 Å². The van der Waals surface area contributed by atoms with E-state index in [0.717, 1.165) is 16.3 Å². The van der Waals surface area contributed by atoms with Crippen LogP contribution in [-0.2, 0) is 6.61 Å². The van der Waals surface area contributed by atoms with Crippen molar-refractivity contribution < 1.29 is 19.1 Å². The molecule has 0 aliphatic carbocycles. The highest BCUT2D eigenvalue weighted by Crippen LogP contribution is 2.36. The Bertz CT molecular complexity index is 1320. The Morgan fingerprint density at radius 2 is 1.94 bits per heavy atom. The van der Waals surface area contributed by atoms with Crippen molar-refractivity contribution in [2.45, 2.75) is 6.61 Å². The number of nitrogens with one attached hydrogen (secondary N) is 2. The summed E-state index contributed by atoms with van der Waals surface area (Å²) in [5.74, 6) is 1.15. The number of carbonyl (C=O) groups excluding carboxylic acids is 1. The highest BCUT2D eigenvalue weighted by molar-refractivity contribution is 9.10. The molecule has 4 rings (SSSR count). The van der Waals surface area contributed by atoms with E-state index in [2.05, 4.69) is 26.6 Å². The minimum atomic E-state index is -0.388. The summed E-state index contributed by atoms with van der Waals surface area (Å²) in [6.45, 7) is -0.164. The van der Waals surface area contributed by atoms with Gasteiger partial charge in [0.15, 0.2) is 5.11 Å². The molecule has 0 fully saturated rings. The maximum absolute atomic E-state index is 13.0. The SMILES string of the molecule is COc1c(C(=O)NC(=S)Nc2cccc(-c3ccc(CO)o3)c2)cc2ccccc2c1Br. The lowest BCUT2D eigenvalue weighted by molar-refractivity contribution is 0.0975. The van der Waals surface area contributed by atoms with Crippen LogP contribution in [0.15, 0.2) is 75.6 Å². The van der Waals surface area contributed by atoms with E-state index in [1.165, 1.54) is 7.11 Å². The first-order chi connectivity index (χ1) is 15.5. The normalized spacial score (nSPS) is 10.7. The predicted octanol–water partition coefficient (Wildman–Crippen LogP) is 5.49. The van der Waals surface area contributed by atoms with E-state index in [9.17, 15) is 9.90 Å². The van der Waals surface area contributed by atoms with Crippen LogP contribution in [0.1, 0.15) is 16.1 Å². The lowest BCUT2D eigenvalue weighted by Crippen LogP contribution is -2.34. The van der Waals surface area contributed by atoms with E-state index in [-0.39, 0.29) is 17.6 Å². The Labute approximate surface area is 198 Å². The van der Waals surface area contributed by atoms with Crippen LogP contribution in [0, 0.1) is 0 Å². The van der Waals surface area contributed by atoms with Crippen molar-refractivity contribution in [1.82, 2.24) is 5.32 Å². The number of aliphatic hydroxyl groups excluding tert-OH is 1. The van der Waals surface area contributed by atoms with Crippen molar-refractivity contribution >= 4 is 55.6 Å². The molecule has 0 atom stereocenters. The molecule has 0 aliphatic rings.